The molecule has 0 amide bonds. The molecule has 2 N–H and O–H groups in total. The maximum Gasteiger partial charge on any atom is 0.341 e. The van der Waals surface area contributed by atoms with E-state index in [1.54, 1.807) is 11.3 Å². The number of rotatable bonds is 6. The van der Waals surface area contributed by atoms with Crippen LogP contribution in [0.15, 0.2) is 0 Å². The minimum Gasteiger partial charge on any atom is -0.465 e. The predicted molar refractivity (Wildman–Crippen MR) is 140 cm³/mol. The molecule has 33 heavy (non-hydrogen) atoms. The van der Waals surface area contributed by atoms with Gasteiger partial charge in [0.2, 0.25) is 0 Å². The lowest BCUT2D eigenvalue weighted by molar-refractivity contribution is -0.0718. The molecule has 0 aromatic carbocycles. The van der Waals surface area contributed by atoms with Gasteiger partial charge in [-0.15, -0.1) is 11.3 Å². The van der Waals surface area contributed by atoms with E-state index >= 15 is 0 Å². The van der Waals surface area contributed by atoms with Gasteiger partial charge in [-0.25, -0.2) is 4.79 Å². The Labute approximate surface area is 208 Å². The first-order chi connectivity index (χ1) is 16.0. The smallest absolute Gasteiger partial charge is 0.341 e. The number of esters is 1. The highest BCUT2D eigenvalue weighted by molar-refractivity contribution is 7.80. The van der Waals surface area contributed by atoms with Crippen molar-refractivity contribution in [2.75, 3.05) is 12.4 Å². The van der Waals surface area contributed by atoms with Crippen LogP contribution in [0.4, 0.5) is 5.00 Å². The van der Waals surface area contributed by atoms with Crippen LogP contribution in [0.2, 0.25) is 0 Å². The van der Waals surface area contributed by atoms with Crippen molar-refractivity contribution < 1.29 is 9.53 Å². The highest BCUT2D eigenvalue weighted by atomic mass is 32.1. The highest BCUT2D eigenvalue weighted by Crippen LogP contribution is 2.61. The van der Waals surface area contributed by atoms with Crippen LogP contribution >= 0.6 is 23.6 Å². The fourth-order valence-electron chi connectivity index (χ4n) is 8.05. The zero-order valence-electron chi connectivity index (χ0n) is 20.3. The topological polar surface area (TPSA) is 50.4 Å². The minimum absolute atomic E-state index is 0.232. The number of methoxy groups -OCH3 is 1. The maximum absolute atomic E-state index is 12.8. The quantitative estimate of drug-likeness (QED) is 0.338. The monoisotopic (exact) mass is 488 g/mol. The summed E-state index contributed by atoms with van der Waals surface area (Å²) in [6.07, 6.45) is 17.7. The third-order valence-electron chi connectivity index (χ3n) is 9.00. The average molecular weight is 489 g/mol. The van der Waals surface area contributed by atoms with Gasteiger partial charge in [0.25, 0.3) is 0 Å². The molecule has 1 heterocycles. The molecule has 4 fully saturated rings. The molecule has 0 radical (unpaired) electrons. The van der Waals surface area contributed by atoms with E-state index < -0.39 is 0 Å². The maximum atomic E-state index is 12.8. The Bertz CT molecular complexity index is 858. The van der Waals surface area contributed by atoms with Crippen LogP contribution in [0.25, 0.3) is 0 Å². The molecule has 182 valence electrons. The molecule has 6 heteroatoms. The summed E-state index contributed by atoms with van der Waals surface area (Å²) in [5, 5.41) is 8.84. The van der Waals surface area contributed by atoms with Crippen LogP contribution in [-0.4, -0.2) is 24.2 Å². The standard InChI is InChI=1S/C27H40N2O2S2/c1-3-8-22(27-14-17-11-18(15-27)13-19(12-17)16-27)28-26(32)29-24-23(25(30)31-2)20-9-6-4-5-7-10-21(20)33-24/h17-19,22H,3-16H2,1-2H3,(H2,28,29,32). The summed E-state index contributed by atoms with van der Waals surface area (Å²) in [6.45, 7) is 2.29. The Morgan fingerprint density at radius 1 is 1.09 bits per heavy atom. The van der Waals surface area contributed by atoms with Crippen molar-refractivity contribution in [2.45, 2.75) is 103 Å². The third-order valence-corrected chi connectivity index (χ3v) is 10.4. The molecule has 5 aliphatic carbocycles. The van der Waals surface area contributed by atoms with E-state index in [9.17, 15) is 4.79 Å². The van der Waals surface area contributed by atoms with Crippen LogP contribution < -0.4 is 10.6 Å². The molecule has 4 bridgehead atoms. The third kappa shape index (κ3) is 4.71. The summed E-state index contributed by atoms with van der Waals surface area (Å²) in [4.78, 5) is 14.1. The van der Waals surface area contributed by atoms with Gasteiger partial charge < -0.3 is 15.4 Å². The normalized spacial score (nSPS) is 31.3. The van der Waals surface area contributed by atoms with Crippen LogP contribution in [0.1, 0.15) is 105 Å². The first-order valence-electron chi connectivity index (χ1n) is 13.3. The summed E-state index contributed by atoms with van der Waals surface area (Å²) in [5.41, 5.74) is 2.33. The van der Waals surface area contributed by atoms with Crippen LogP contribution in [0.3, 0.4) is 0 Å². The van der Waals surface area contributed by atoms with Crippen molar-refractivity contribution in [1.29, 1.82) is 0 Å². The number of hydrogen-bond donors (Lipinski definition) is 2. The molecule has 5 aliphatic rings. The SMILES string of the molecule is CCCC(NC(=S)Nc1sc2c(c1C(=O)OC)CCCCCC2)C12CC3CC(CC(C3)C1)C2. The van der Waals surface area contributed by atoms with Gasteiger partial charge in [-0.3, -0.25) is 0 Å². The Hall–Kier alpha value is -1.14. The Kier molecular flexibility index (Phi) is 7.04. The molecular formula is C27H40N2O2S2. The van der Waals surface area contributed by atoms with Crippen LogP contribution in [0, 0.1) is 23.2 Å². The van der Waals surface area contributed by atoms with Gasteiger partial charge in [0, 0.05) is 10.9 Å². The molecule has 0 saturated heterocycles. The van der Waals surface area contributed by atoms with Gasteiger partial charge in [-0.1, -0.05) is 26.2 Å². The highest BCUT2D eigenvalue weighted by Gasteiger charge is 2.54. The van der Waals surface area contributed by atoms with E-state index in [0.29, 0.717) is 16.6 Å². The number of anilines is 1. The molecule has 1 atom stereocenters. The molecule has 1 aromatic rings. The van der Waals surface area contributed by atoms with E-state index in [-0.39, 0.29) is 5.97 Å². The van der Waals surface area contributed by atoms with Crippen LogP contribution in [-0.2, 0) is 17.6 Å². The first-order valence-corrected chi connectivity index (χ1v) is 14.5. The van der Waals surface area contributed by atoms with Gasteiger partial charge in [-0.2, -0.15) is 0 Å². The van der Waals surface area contributed by atoms with Gasteiger partial charge in [0.05, 0.1) is 12.7 Å². The first kappa shape index (κ1) is 23.6. The van der Waals surface area contributed by atoms with Gasteiger partial charge in [0.15, 0.2) is 5.11 Å². The molecule has 0 aliphatic heterocycles. The summed E-state index contributed by atoms with van der Waals surface area (Å²) in [6, 6.07) is 0.429. The summed E-state index contributed by atoms with van der Waals surface area (Å²) >= 11 is 7.61. The zero-order valence-corrected chi connectivity index (χ0v) is 22.0. The minimum atomic E-state index is -0.232. The number of aryl methyl sites for hydroxylation is 1. The average Bonchev–Trinajstić information content (AvgIpc) is 3.07. The summed E-state index contributed by atoms with van der Waals surface area (Å²) in [5.74, 6) is 2.56. The lowest BCUT2D eigenvalue weighted by Crippen LogP contribution is -2.57. The van der Waals surface area contributed by atoms with E-state index in [2.05, 4.69) is 17.6 Å². The van der Waals surface area contributed by atoms with E-state index in [4.69, 9.17) is 17.0 Å². The van der Waals surface area contributed by atoms with Gasteiger partial charge >= 0.3 is 5.97 Å². The summed E-state index contributed by atoms with van der Waals surface area (Å²) < 4.78 is 5.20. The lowest BCUT2D eigenvalue weighted by Gasteiger charge is -2.59. The Morgan fingerprint density at radius 2 is 1.73 bits per heavy atom. The number of thiocarbonyl (C=S) groups is 1. The van der Waals surface area contributed by atoms with Crippen molar-refractivity contribution in [3.63, 3.8) is 0 Å². The molecule has 4 saturated carbocycles. The second kappa shape index (κ2) is 9.85. The molecule has 0 spiro atoms. The zero-order chi connectivity index (χ0) is 23.0. The van der Waals surface area contributed by atoms with Crippen molar-refractivity contribution >= 4 is 39.6 Å². The molecule has 1 unspecified atom stereocenters. The van der Waals surface area contributed by atoms with Crippen LogP contribution in [0.5, 0.6) is 0 Å². The Morgan fingerprint density at radius 3 is 2.33 bits per heavy atom. The number of ether oxygens (including phenoxy) is 1. The molecule has 6 rings (SSSR count). The van der Waals surface area contributed by atoms with Crippen molar-refractivity contribution in [3.05, 3.63) is 16.0 Å². The van der Waals surface area contributed by atoms with E-state index in [0.717, 1.165) is 47.6 Å². The number of hydrogen-bond acceptors (Lipinski definition) is 4. The second-order valence-electron chi connectivity index (χ2n) is 11.3. The fourth-order valence-corrected chi connectivity index (χ4v) is 9.64. The number of carbonyl (C=O) groups is 1. The second-order valence-corrected chi connectivity index (χ2v) is 12.8. The lowest BCUT2D eigenvalue weighted by atomic mass is 9.47. The van der Waals surface area contributed by atoms with Gasteiger partial charge in [-0.05, 0) is 112 Å². The van der Waals surface area contributed by atoms with Crippen molar-refractivity contribution in [2.24, 2.45) is 23.2 Å². The number of carbonyl (C=O) groups excluding carboxylic acids is 1. The number of fused-ring (bicyclic) bond motifs is 1. The van der Waals surface area contributed by atoms with Gasteiger partial charge in [0.1, 0.15) is 5.00 Å². The molecule has 1 aromatic heterocycles. The molecule has 4 nitrogen and oxygen atoms in total. The summed E-state index contributed by atoms with van der Waals surface area (Å²) in [7, 11) is 1.49. The number of thiophene rings is 1. The Balaban J connectivity index is 1.35. The molecular weight excluding hydrogens is 448 g/mol. The fraction of sp³-hybridized carbons (Fsp3) is 0.778. The van der Waals surface area contributed by atoms with E-state index in [1.807, 2.05) is 0 Å². The predicted octanol–water partition coefficient (Wildman–Crippen LogP) is 6.87. The van der Waals surface area contributed by atoms with Crippen molar-refractivity contribution in [3.8, 4) is 0 Å². The largest absolute Gasteiger partial charge is 0.465 e. The van der Waals surface area contributed by atoms with Crippen molar-refractivity contribution in [1.82, 2.24) is 5.32 Å². The van der Waals surface area contributed by atoms with E-state index in [1.165, 1.54) is 88.2 Å². The number of nitrogens with one attached hydrogen (secondary N) is 2.